The van der Waals surface area contributed by atoms with Crippen molar-refractivity contribution in [2.45, 2.75) is 19.4 Å². The van der Waals surface area contributed by atoms with Gasteiger partial charge in [-0.25, -0.2) is 5.43 Å². The van der Waals surface area contributed by atoms with E-state index < -0.39 is 5.91 Å². The molecule has 0 fully saturated rings. The number of carbonyl (C=O) groups excluding carboxylic acids is 4. The fourth-order valence-electron chi connectivity index (χ4n) is 2.69. The number of benzene rings is 1. The number of aromatic nitrogens is 2. The number of amides is 4. The van der Waals surface area contributed by atoms with Crippen LogP contribution in [0.25, 0.3) is 0 Å². The van der Waals surface area contributed by atoms with Crippen LogP contribution in [-0.4, -0.2) is 44.4 Å². The van der Waals surface area contributed by atoms with Crippen LogP contribution in [0.3, 0.4) is 0 Å². The van der Waals surface area contributed by atoms with Gasteiger partial charge in [0.1, 0.15) is 10.7 Å². The van der Waals surface area contributed by atoms with Crippen molar-refractivity contribution in [1.82, 2.24) is 20.5 Å². The van der Waals surface area contributed by atoms with E-state index in [1.54, 1.807) is 24.3 Å². The fraction of sp³-hybridized carbons (Fsp3) is 0.188. The van der Waals surface area contributed by atoms with Gasteiger partial charge in [-0.3, -0.25) is 29.4 Å². The molecule has 2 aliphatic rings. The molecule has 0 spiro atoms. The molecule has 4 amide bonds. The lowest BCUT2D eigenvalue weighted by atomic mass is 10.1. The molecular weight excluding hydrogens is 372 g/mol. The highest BCUT2D eigenvalue weighted by Gasteiger charge is 2.35. The normalized spacial score (nSPS) is 16.1. The van der Waals surface area contributed by atoms with Crippen LogP contribution in [0.4, 0.5) is 5.13 Å². The van der Waals surface area contributed by atoms with E-state index in [2.05, 4.69) is 26.0 Å². The van der Waals surface area contributed by atoms with E-state index in [0.29, 0.717) is 16.1 Å². The smallest absolute Gasteiger partial charge is 0.273 e. The Hall–Kier alpha value is -3.47. The zero-order valence-corrected chi connectivity index (χ0v) is 14.6. The molecule has 2 aromatic rings. The molecule has 0 atom stereocenters. The summed E-state index contributed by atoms with van der Waals surface area (Å²) in [5, 5.41) is 14.6. The first-order valence-corrected chi connectivity index (χ1v) is 8.79. The van der Waals surface area contributed by atoms with E-state index in [1.807, 2.05) is 0 Å². The van der Waals surface area contributed by atoms with Gasteiger partial charge in [0, 0.05) is 12.8 Å². The maximum Gasteiger partial charge on any atom is 0.273 e. The Bertz CT molecular complexity index is 979. The molecule has 4 rings (SSSR count). The molecule has 2 N–H and O–H groups in total. The molecular formula is C16H12N6O4S. The first-order chi connectivity index (χ1) is 13.0. The Morgan fingerprint density at radius 1 is 1.11 bits per heavy atom. The van der Waals surface area contributed by atoms with Crippen molar-refractivity contribution in [3.05, 3.63) is 40.4 Å². The van der Waals surface area contributed by atoms with Gasteiger partial charge in [0.05, 0.1) is 17.7 Å². The third-order valence-electron chi connectivity index (χ3n) is 4.03. The van der Waals surface area contributed by atoms with Crippen LogP contribution in [0.1, 0.15) is 38.6 Å². The van der Waals surface area contributed by atoms with Gasteiger partial charge in [0.2, 0.25) is 11.0 Å². The molecule has 0 aliphatic carbocycles. The van der Waals surface area contributed by atoms with Gasteiger partial charge in [0.15, 0.2) is 0 Å². The Labute approximate surface area is 156 Å². The summed E-state index contributed by atoms with van der Waals surface area (Å²) in [5.74, 6) is -1.50. The van der Waals surface area contributed by atoms with Crippen LogP contribution in [0.15, 0.2) is 29.4 Å². The summed E-state index contributed by atoms with van der Waals surface area (Å²) < 4.78 is 0. The quantitative estimate of drug-likeness (QED) is 0.739. The lowest BCUT2D eigenvalue weighted by molar-refractivity contribution is -0.121. The van der Waals surface area contributed by atoms with E-state index in [0.717, 1.165) is 16.2 Å². The van der Waals surface area contributed by atoms with Gasteiger partial charge in [-0.05, 0) is 12.1 Å². The molecule has 1 aromatic heterocycles. The third-order valence-corrected chi connectivity index (χ3v) is 4.85. The second-order valence-corrected chi connectivity index (χ2v) is 6.85. The summed E-state index contributed by atoms with van der Waals surface area (Å²) in [5.41, 5.74) is 3.15. The largest absolute Gasteiger partial charge is 0.295 e. The van der Waals surface area contributed by atoms with Gasteiger partial charge in [-0.1, -0.05) is 23.5 Å². The SMILES string of the molecule is O=C1CCC(C(=O)Nc2nnc(CN3C(=O)c4ccccc4C3=O)s2)=NN1. The van der Waals surface area contributed by atoms with Crippen LogP contribution in [-0.2, 0) is 16.1 Å². The van der Waals surface area contributed by atoms with Gasteiger partial charge in [0.25, 0.3) is 17.7 Å². The number of hydrogen-bond acceptors (Lipinski definition) is 8. The topological polar surface area (TPSA) is 134 Å². The number of rotatable bonds is 4. The molecule has 136 valence electrons. The molecule has 0 unspecified atom stereocenters. The summed E-state index contributed by atoms with van der Waals surface area (Å²) in [4.78, 5) is 49.0. The number of hydrazone groups is 1. The van der Waals surface area contributed by atoms with Crippen molar-refractivity contribution in [3.63, 3.8) is 0 Å². The van der Waals surface area contributed by atoms with Gasteiger partial charge >= 0.3 is 0 Å². The minimum absolute atomic E-state index is 0.0309. The van der Waals surface area contributed by atoms with Crippen LogP contribution < -0.4 is 10.7 Å². The highest BCUT2D eigenvalue weighted by molar-refractivity contribution is 7.15. The minimum Gasteiger partial charge on any atom is -0.295 e. The molecule has 1 aromatic carbocycles. The summed E-state index contributed by atoms with van der Waals surface area (Å²) in [6.45, 7) is -0.0309. The summed E-state index contributed by atoms with van der Waals surface area (Å²) in [7, 11) is 0. The van der Waals surface area contributed by atoms with E-state index in [4.69, 9.17) is 0 Å². The van der Waals surface area contributed by atoms with E-state index >= 15 is 0 Å². The molecule has 10 nitrogen and oxygen atoms in total. The molecule has 0 bridgehead atoms. The van der Waals surface area contributed by atoms with E-state index in [-0.39, 0.29) is 48.0 Å². The number of carbonyl (C=O) groups is 4. The molecule has 0 saturated heterocycles. The zero-order valence-electron chi connectivity index (χ0n) is 13.8. The molecule has 3 heterocycles. The maximum atomic E-state index is 12.4. The van der Waals surface area contributed by atoms with Crippen LogP contribution >= 0.6 is 11.3 Å². The van der Waals surface area contributed by atoms with Crippen molar-refractivity contribution in [2.24, 2.45) is 5.10 Å². The highest BCUT2D eigenvalue weighted by atomic mass is 32.1. The number of hydrogen-bond donors (Lipinski definition) is 2. The zero-order chi connectivity index (χ0) is 19.0. The Morgan fingerprint density at radius 3 is 2.44 bits per heavy atom. The van der Waals surface area contributed by atoms with Crippen molar-refractivity contribution in [2.75, 3.05) is 5.32 Å². The predicted molar refractivity (Wildman–Crippen MR) is 94.0 cm³/mol. The monoisotopic (exact) mass is 384 g/mol. The summed E-state index contributed by atoms with van der Waals surface area (Å²) in [6.07, 6.45) is 0.422. The Balaban J connectivity index is 1.43. The number of nitrogens with zero attached hydrogens (tertiary/aromatic N) is 4. The average molecular weight is 384 g/mol. The Kier molecular flexibility index (Phi) is 4.20. The van der Waals surface area contributed by atoms with Gasteiger partial charge in [-0.2, -0.15) is 5.10 Å². The first-order valence-electron chi connectivity index (χ1n) is 7.97. The average Bonchev–Trinajstić information content (AvgIpc) is 3.21. The Morgan fingerprint density at radius 2 is 1.81 bits per heavy atom. The fourth-order valence-corrected chi connectivity index (χ4v) is 3.42. The second kappa shape index (κ2) is 6.68. The van der Waals surface area contributed by atoms with Gasteiger partial charge in [-0.15, -0.1) is 10.2 Å². The molecule has 0 radical (unpaired) electrons. The third kappa shape index (κ3) is 3.19. The lowest BCUT2D eigenvalue weighted by Crippen LogP contribution is -2.32. The maximum absolute atomic E-state index is 12.4. The molecule has 11 heteroatoms. The summed E-state index contributed by atoms with van der Waals surface area (Å²) in [6, 6.07) is 6.60. The van der Waals surface area contributed by atoms with Crippen LogP contribution in [0.5, 0.6) is 0 Å². The van der Waals surface area contributed by atoms with E-state index in [9.17, 15) is 19.2 Å². The number of imide groups is 1. The van der Waals surface area contributed by atoms with Gasteiger partial charge < -0.3 is 0 Å². The number of fused-ring (bicyclic) bond motifs is 1. The lowest BCUT2D eigenvalue weighted by Gasteiger charge is -2.11. The molecule has 2 aliphatic heterocycles. The van der Waals surface area contributed by atoms with Crippen molar-refractivity contribution in [1.29, 1.82) is 0 Å². The van der Waals surface area contributed by atoms with Crippen molar-refractivity contribution in [3.8, 4) is 0 Å². The summed E-state index contributed by atoms with van der Waals surface area (Å²) >= 11 is 1.05. The van der Waals surface area contributed by atoms with Crippen molar-refractivity contribution < 1.29 is 19.2 Å². The van der Waals surface area contributed by atoms with Crippen LogP contribution in [0, 0.1) is 0 Å². The second-order valence-electron chi connectivity index (χ2n) is 5.79. The minimum atomic E-state index is -0.488. The van der Waals surface area contributed by atoms with Crippen molar-refractivity contribution >= 4 is 45.8 Å². The molecule has 27 heavy (non-hydrogen) atoms. The molecule has 0 saturated carbocycles. The van der Waals surface area contributed by atoms with Crippen LogP contribution in [0.2, 0.25) is 0 Å². The first kappa shape index (κ1) is 17.0. The van der Waals surface area contributed by atoms with E-state index in [1.165, 1.54) is 0 Å². The highest BCUT2D eigenvalue weighted by Crippen LogP contribution is 2.26. The number of nitrogens with one attached hydrogen (secondary N) is 2. The number of anilines is 1. The predicted octanol–water partition coefficient (Wildman–Crippen LogP) is 0.539. The standard InChI is InChI=1S/C16H12N6O4S/c23-11-6-5-10(18-19-11)13(24)17-16-21-20-12(27-16)7-22-14(25)8-3-1-2-4-9(8)15(22)26/h1-4H,5-7H2,(H,19,23)(H,17,21,24).